The first-order valence-electron chi connectivity index (χ1n) is 15.5. The molecule has 0 fully saturated rings. The Morgan fingerprint density at radius 2 is 1.46 bits per heavy atom. The van der Waals surface area contributed by atoms with E-state index >= 15 is 0 Å². The Balaban J connectivity index is 1.81. The molecule has 0 heterocycles. The van der Waals surface area contributed by atoms with Gasteiger partial charge in [0.15, 0.2) is 0 Å². The quantitative estimate of drug-likeness (QED) is 0.159. The molecule has 0 bridgehead atoms. The van der Waals surface area contributed by atoms with Crippen LogP contribution in [0.4, 0.5) is 5.69 Å². The second kappa shape index (κ2) is 16.1. The molecule has 0 saturated carbocycles. The number of anilines is 1. The summed E-state index contributed by atoms with van der Waals surface area (Å²) < 4.78 is 35.0. The fraction of sp³-hybridized carbons (Fsp3) is 0.297. The molecule has 0 aliphatic heterocycles. The predicted octanol–water partition coefficient (Wildman–Crippen LogP) is 6.06. The molecule has 0 saturated heterocycles. The number of nitrogens with one attached hydrogen (secondary N) is 1. The number of benzene rings is 4. The minimum absolute atomic E-state index is 0.0689. The van der Waals surface area contributed by atoms with Crippen molar-refractivity contribution in [2.45, 2.75) is 57.5 Å². The number of amides is 2. The summed E-state index contributed by atoms with van der Waals surface area (Å²) in [6, 6.07) is 29.5. The number of nitrogens with zero attached hydrogens (tertiary/aromatic N) is 2. The SMILES string of the molecule is CCCCNC(=O)C(Cc1ccccc1)N(Cc1cccc(OC)c1)C(=O)CN(c1cc(C)cc(C)c1)S(=O)(=O)c1ccccc1. The fourth-order valence-corrected chi connectivity index (χ4v) is 6.79. The molecule has 4 aromatic rings. The number of hydrogen-bond acceptors (Lipinski definition) is 5. The van der Waals surface area contributed by atoms with Gasteiger partial charge in [-0.3, -0.25) is 13.9 Å². The summed E-state index contributed by atoms with van der Waals surface area (Å²) in [6.45, 7) is 5.85. The van der Waals surface area contributed by atoms with Crippen molar-refractivity contribution in [3.05, 3.63) is 125 Å². The Morgan fingerprint density at radius 1 is 0.826 bits per heavy atom. The number of rotatable bonds is 15. The van der Waals surface area contributed by atoms with Crippen LogP contribution >= 0.6 is 0 Å². The van der Waals surface area contributed by atoms with Crippen LogP contribution in [0, 0.1) is 13.8 Å². The topological polar surface area (TPSA) is 96.0 Å². The summed E-state index contributed by atoms with van der Waals surface area (Å²) >= 11 is 0. The van der Waals surface area contributed by atoms with E-state index < -0.39 is 28.5 Å². The lowest BCUT2D eigenvalue weighted by Crippen LogP contribution is -2.53. The molecule has 0 aromatic heterocycles. The maximum absolute atomic E-state index is 14.6. The summed E-state index contributed by atoms with van der Waals surface area (Å²) in [6.07, 6.45) is 1.95. The number of hydrogen-bond donors (Lipinski definition) is 1. The van der Waals surface area contributed by atoms with Gasteiger partial charge in [0, 0.05) is 19.5 Å². The lowest BCUT2D eigenvalue weighted by molar-refractivity contribution is -0.140. The minimum Gasteiger partial charge on any atom is -0.497 e. The summed E-state index contributed by atoms with van der Waals surface area (Å²) in [4.78, 5) is 30.1. The molecule has 0 spiro atoms. The molecule has 242 valence electrons. The molecule has 1 atom stereocenters. The molecule has 8 nitrogen and oxygen atoms in total. The average Bonchev–Trinajstić information content (AvgIpc) is 3.05. The van der Waals surface area contributed by atoms with E-state index in [0.717, 1.165) is 39.4 Å². The Bertz CT molecular complexity index is 1690. The smallest absolute Gasteiger partial charge is 0.264 e. The van der Waals surface area contributed by atoms with Crippen molar-refractivity contribution in [3.8, 4) is 5.75 Å². The average molecular weight is 642 g/mol. The number of carbonyl (C=O) groups excluding carboxylic acids is 2. The van der Waals surface area contributed by atoms with E-state index in [9.17, 15) is 18.0 Å². The fourth-order valence-electron chi connectivity index (χ4n) is 5.37. The van der Waals surface area contributed by atoms with Crippen LogP contribution in [-0.2, 0) is 32.6 Å². The van der Waals surface area contributed by atoms with Crippen LogP contribution in [0.3, 0.4) is 0 Å². The van der Waals surface area contributed by atoms with Crippen molar-refractivity contribution in [2.75, 3.05) is 24.5 Å². The first-order chi connectivity index (χ1) is 22.1. The van der Waals surface area contributed by atoms with E-state index in [0.29, 0.717) is 18.0 Å². The van der Waals surface area contributed by atoms with Crippen LogP contribution in [0.15, 0.2) is 108 Å². The van der Waals surface area contributed by atoms with E-state index in [1.807, 2.05) is 81.4 Å². The number of ether oxygens (including phenoxy) is 1. The van der Waals surface area contributed by atoms with E-state index in [4.69, 9.17) is 4.74 Å². The van der Waals surface area contributed by atoms with Crippen molar-refractivity contribution < 1.29 is 22.7 Å². The lowest BCUT2D eigenvalue weighted by atomic mass is 10.0. The molecule has 4 rings (SSSR count). The maximum Gasteiger partial charge on any atom is 0.264 e. The first kappa shape index (κ1) is 34.2. The number of methoxy groups -OCH3 is 1. The zero-order valence-corrected chi connectivity index (χ0v) is 27.8. The standard InChI is InChI=1S/C37H43N3O5S/c1-5-6-20-38-37(42)35(25-30-14-9-7-10-15-30)39(26-31-16-13-17-33(24-31)45-4)36(41)27-40(32-22-28(2)21-29(3)23-32)46(43,44)34-18-11-8-12-19-34/h7-19,21-24,35H,5-6,20,25-27H2,1-4H3,(H,38,42). The van der Waals surface area contributed by atoms with Gasteiger partial charge in [0.2, 0.25) is 11.8 Å². The van der Waals surface area contributed by atoms with Gasteiger partial charge in [-0.2, -0.15) is 0 Å². The van der Waals surface area contributed by atoms with Gasteiger partial charge in [0.25, 0.3) is 10.0 Å². The predicted molar refractivity (Wildman–Crippen MR) is 182 cm³/mol. The third kappa shape index (κ3) is 8.97. The highest BCUT2D eigenvalue weighted by molar-refractivity contribution is 7.92. The lowest BCUT2D eigenvalue weighted by Gasteiger charge is -2.34. The summed E-state index contributed by atoms with van der Waals surface area (Å²) in [5.74, 6) is -0.189. The van der Waals surface area contributed by atoms with Gasteiger partial charge in [-0.25, -0.2) is 8.42 Å². The van der Waals surface area contributed by atoms with Crippen LogP contribution in [0.25, 0.3) is 0 Å². The molecule has 2 amide bonds. The molecule has 9 heteroatoms. The highest BCUT2D eigenvalue weighted by Gasteiger charge is 2.34. The Labute approximate surface area is 273 Å². The Kier molecular flexibility index (Phi) is 12.0. The van der Waals surface area contributed by atoms with Crippen molar-refractivity contribution in [3.63, 3.8) is 0 Å². The van der Waals surface area contributed by atoms with Crippen LogP contribution < -0.4 is 14.4 Å². The summed E-state index contributed by atoms with van der Waals surface area (Å²) in [7, 11) is -2.59. The van der Waals surface area contributed by atoms with Gasteiger partial charge in [-0.15, -0.1) is 0 Å². The Morgan fingerprint density at radius 3 is 2.09 bits per heavy atom. The third-order valence-corrected chi connectivity index (χ3v) is 9.48. The molecule has 0 radical (unpaired) electrons. The molecule has 1 N–H and O–H groups in total. The van der Waals surface area contributed by atoms with E-state index in [1.54, 1.807) is 37.4 Å². The monoisotopic (exact) mass is 641 g/mol. The second-order valence-corrected chi connectivity index (χ2v) is 13.3. The van der Waals surface area contributed by atoms with Crippen LogP contribution in [0.1, 0.15) is 42.0 Å². The molecular formula is C37H43N3O5S. The zero-order valence-electron chi connectivity index (χ0n) is 27.0. The normalized spacial score (nSPS) is 11.8. The third-order valence-electron chi connectivity index (χ3n) is 7.69. The maximum atomic E-state index is 14.6. The van der Waals surface area contributed by atoms with Crippen LogP contribution in [0.5, 0.6) is 5.75 Å². The van der Waals surface area contributed by atoms with Crippen molar-refractivity contribution in [1.29, 1.82) is 0 Å². The summed E-state index contributed by atoms with van der Waals surface area (Å²) in [5.41, 5.74) is 3.73. The molecule has 0 aliphatic carbocycles. The van der Waals surface area contributed by atoms with Gasteiger partial charge in [0.05, 0.1) is 17.7 Å². The van der Waals surface area contributed by atoms with Crippen molar-refractivity contribution >= 4 is 27.5 Å². The van der Waals surface area contributed by atoms with Crippen molar-refractivity contribution in [2.24, 2.45) is 0 Å². The number of unbranched alkanes of at least 4 members (excludes halogenated alkanes) is 1. The Hall–Kier alpha value is -4.63. The van der Waals surface area contributed by atoms with Crippen molar-refractivity contribution in [1.82, 2.24) is 10.2 Å². The van der Waals surface area contributed by atoms with E-state index in [1.165, 1.54) is 17.0 Å². The molecule has 46 heavy (non-hydrogen) atoms. The molecule has 1 unspecified atom stereocenters. The van der Waals surface area contributed by atoms with Gasteiger partial charge in [-0.1, -0.05) is 80.1 Å². The van der Waals surface area contributed by atoms with Gasteiger partial charge in [-0.05, 0) is 78.9 Å². The number of aryl methyl sites for hydroxylation is 2. The minimum atomic E-state index is -4.16. The van der Waals surface area contributed by atoms with Crippen LogP contribution in [-0.4, -0.2) is 51.4 Å². The van der Waals surface area contributed by atoms with E-state index in [-0.39, 0.29) is 23.8 Å². The summed E-state index contributed by atoms with van der Waals surface area (Å²) in [5, 5.41) is 3.01. The van der Waals surface area contributed by atoms with E-state index in [2.05, 4.69) is 5.32 Å². The van der Waals surface area contributed by atoms with Gasteiger partial charge in [0.1, 0.15) is 18.3 Å². The number of carbonyl (C=O) groups is 2. The first-order valence-corrected chi connectivity index (χ1v) is 17.0. The van der Waals surface area contributed by atoms with Crippen LogP contribution in [0.2, 0.25) is 0 Å². The second-order valence-electron chi connectivity index (χ2n) is 11.4. The highest BCUT2D eigenvalue weighted by Crippen LogP contribution is 2.27. The largest absolute Gasteiger partial charge is 0.497 e. The molecular weight excluding hydrogens is 598 g/mol. The van der Waals surface area contributed by atoms with Gasteiger partial charge >= 0.3 is 0 Å². The zero-order chi connectivity index (χ0) is 33.1. The highest BCUT2D eigenvalue weighted by atomic mass is 32.2. The number of sulfonamides is 1. The molecule has 4 aromatic carbocycles. The molecule has 0 aliphatic rings. The van der Waals surface area contributed by atoms with Gasteiger partial charge < -0.3 is 15.0 Å².